The maximum absolute atomic E-state index is 13.2. The van der Waals surface area contributed by atoms with E-state index in [4.69, 9.17) is 4.74 Å². The lowest BCUT2D eigenvalue weighted by molar-refractivity contribution is -0.137. The number of ether oxygens (including phenoxy) is 1. The molecule has 0 unspecified atom stereocenters. The molecule has 0 atom stereocenters. The molecule has 1 aliphatic heterocycles. The zero-order valence-corrected chi connectivity index (χ0v) is 16.7. The van der Waals surface area contributed by atoms with Crippen LogP contribution in [0.2, 0.25) is 0 Å². The Morgan fingerprint density at radius 3 is 2.52 bits per heavy atom. The molecule has 3 aromatic rings. The molecule has 0 spiro atoms. The van der Waals surface area contributed by atoms with Crippen LogP contribution in [0.1, 0.15) is 17.4 Å². The number of carbonyl (C=O) groups excluding carboxylic acids is 2. The molecule has 0 saturated carbocycles. The number of thiophene rings is 1. The molecular formula is C23H20N2O3S. The van der Waals surface area contributed by atoms with Crippen molar-refractivity contribution in [3.05, 3.63) is 88.2 Å². The molecule has 2 heterocycles. The molecule has 2 aromatic carbocycles. The average Bonchev–Trinajstić information content (AvgIpc) is 3.33. The summed E-state index contributed by atoms with van der Waals surface area (Å²) in [7, 11) is 0. The third-order valence-electron chi connectivity index (χ3n) is 4.53. The zero-order valence-electron chi connectivity index (χ0n) is 15.9. The van der Waals surface area contributed by atoms with Gasteiger partial charge in [0.2, 0.25) is 0 Å². The smallest absolute Gasteiger partial charge is 0.278 e. The third-order valence-corrected chi connectivity index (χ3v) is 5.42. The molecule has 0 bridgehead atoms. The van der Waals surface area contributed by atoms with E-state index in [0.29, 0.717) is 29.3 Å². The van der Waals surface area contributed by atoms with Crippen molar-refractivity contribution >= 4 is 34.4 Å². The molecule has 1 N–H and O–H groups in total. The van der Waals surface area contributed by atoms with Gasteiger partial charge in [-0.25, -0.2) is 0 Å². The minimum absolute atomic E-state index is 0.234. The van der Waals surface area contributed by atoms with Gasteiger partial charge in [-0.1, -0.05) is 42.5 Å². The fourth-order valence-corrected chi connectivity index (χ4v) is 3.99. The Hall–Kier alpha value is -3.38. The van der Waals surface area contributed by atoms with E-state index in [0.717, 1.165) is 10.4 Å². The Balaban J connectivity index is 1.69. The maximum Gasteiger partial charge on any atom is 0.278 e. The third kappa shape index (κ3) is 3.93. The van der Waals surface area contributed by atoms with E-state index >= 15 is 0 Å². The summed E-state index contributed by atoms with van der Waals surface area (Å²) in [5.74, 6) is 0.0857. The normalized spacial score (nSPS) is 13.9. The topological polar surface area (TPSA) is 58.6 Å². The van der Waals surface area contributed by atoms with Gasteiger partial charge in [-0.05, 0) is 36.1 Å². The van der Waals surface area contributed by atoms with Gasteiger partial charge in [-0.2, -0.15) is 0 Å². The van der Waals surface area contributed by atoms with E-state index in [1.54, 1.807) is 0 Å². The maximum atomic E-state index is 13.2. The quantitative estimate of drug-likeness (QED) is 0.588. The molecule has 0 fully saturated rings. The fourth-order valence-electron chi connectivity index (χ4n) is 3.23. The first-order valence-corrected chi connectivity index (χ1v) is 10.2. The molecule has 1 aliphatic rings. The molecule has 6 heteroatoms. The Morgan fingerprint density at radius 2 is 1.79 bits per heavy atom. The highest BCUT2D eigenvalue weighted by molar-refractivity contribution is 7.11. The molecule has 0 saturated heterocycles. The second-order valence-corrected chi connectivity index (χ2v) is 7.44. The van der Waals surface area contributed by atoms with Gasteiger partial charge in [0.25, 0.3) is 11.8 Å². The van der Waals surface area contributed by atoms with Gasteiger partial charge in [0, 0.05) is 16.6 Å². The van der Waals surface area contributed by atoms with Crippen LogP contribution < -0.4 is 10.1 Å². The summed E-state index contributed by atoms with van der Waals surface area (Å²) in [6.07, 6.45) is 0. The van der Waals surface area contributed by atoms with E-state index in [-0.39, 0.29) is 18.4 Å². The molecule has 0 aliphatic carbocycles. The molecular weight excluding hydrogens is 384 g/mol. The zero-order chi connectivity index (χ0) is 20.2. The lowest BCUT2D eigenvalue weighted by atomic mass is 10.2. The fraction of sp³-hybridized carbons (Fsp3) is 0.130. The monoisotopic (exact) mass is 404 g/mol. The number of imide groups is 1. The number of nitrogens with one attached hydrogen (secondary N) is 1. The van der Waals surface area contributed by atoms with Crippen molar-refractivity contribution in [2.45, 2.75) is 13.5 Å². The van der Waals surface area contributed by atoms with Crippen LogP contribution in [-0.2, 0) is 16.1 Å². The number of nitrogens with zero attached hydrogens (tertiary/aromatic N) is 1. The van der Waals surface area contributed by atoms with Crippen molar-refractivity contribution in [1.29, 1.82) is 0 Å². The molecule has 29 heavy (non-hydrogen) atoms. The van der Waals surface area contributed by atoms with Crippen LogP contribution in [0, 0.1) is 0 Å². The summed E-state index contributed by atoms with van der Waals surface area (Å²) in [4.78, 5) is 28.4. The first kappa shape index (κ1) is 19.0. The van der Waals surface area contributed by atoms with Crippen molar-refractivity contribution in [3.63, 3.8) is 0 Å². The SMILES string of the molecule is CCOc1cccc(NC2=C(c3cccs3)C(=O)N(Cc3ccccc3)C2=O)c1. The second-order valence-electron chi connectivity index (χ2n) is 6.50. The number of hydrogen-bond acceptors (Lipinski definition) is 5. The summed E-state index contributed by atoms with van der Waals surface area (Å²) in [5, 5.41) is 5.06. The Labute approximate surface area is 173 Å². The molecule has 5 nitrogen and oxygen atoms in total. The Morgan fingerprint density at radius 1 is 0.966 bits per heavy atom. The van der Waals surface area contributed by atoms with Gasteiger partial charge >= 0.3 is 0 Å². The minimum Gasteiger partial charge on any atom is -0.494 e. The van der Waals surface area contributed by atoms with Crippen molar-refractivity contribution in [1.82, 2.24) is 4.90 Å². The highest BCUT2D eigenvalue weighted by Gasteiger charge is 2.39. The summed E-state index contributed by atoms with van der Waals surface area (Å²) in [6.45, 7) is 2.70. The molecule has 2 amide bonds. The van der Waals surface area contributed by atoms with Gasteiger partial charge in [-0.3, -0.25) is 14.5 Å². The second kappa shape index (κ2) is 8.32. The molecule has 0 radical (unpaired) electrons. The van der Waals surface area contributed by atoms with Gasteiger partial charge in [-0.15, -0.1) is 11.3 Å². The van der Waals surface area contributed by atoms with Crippen LogP contribution in [0.3, 0.4) is 0 Å². The van der Waals surface area contributed by atoms with Crippen LogP contribution in [0.5, 0.6) is 5.75 Å². The summed E-state index contributed by atoms with van der Waals surface area (Å²) in [5.41, 5.74) is 2.30. The lowest BCUT2D eigenvalue weighted by Crippen LogP contribution is -2.31. The largest absolute Gasteiger partial charge is 0.494 e. The minimum atomic E-state index is -0.330. The Bertz CT molecular complexity index is 1060. The van der Waals surface area contributed by atoms with E-state index < -0.39 is 0 Å². The number of anilines is 1. The number of carbonyl (C=O) groups is 2. The molecule has 1 aromatic heterocycles. The number of rotatable bonds is 7. The van der Waals surface area contributed by atoms with Gasteiger partial charge < -0.3 is 10.1 Å². The number of benzene rings is 2. The summed E-state index contributed by atoms with van der Waals surface area (Å²) < 4.78 is 5.54. The van der Waals surface area contributed by atoms with E-state index in [9.17, 15) is 9.59 Å². The summed E-state index contributed by atoms with van der Waals surface area (Å²) in [6, 6.07) is 20.6. The van der Waals surface area contributed by atoms with Crippen LogP contribution in [-0.4, -0.2) is 23.3 Å². The highest BCUT2D eigenvalue weighted by atomic mass is 32.1. The van der Waals surface area contributed by atoms with Crippen molar-refractivity contribution in [2.75, 3.05) is 11.9 Å². The van der Waals surface area contributed by atoms with Crippen molar-refractivity contribution in [3.8, 4) is 5.75 Å². The number of amides is 2. The van der Waals surface area contributed by atoms with E-state index in [1.807, 2.05) is 79.0 Å². The van der Waals surface area contributed by atoms with E-state index in [2.05, 4.69) is 5.32 Å². The van der Waals surface area contributed by atoms with Gasteiger partial charge in [0.1, 0.15) is 11.4 Å². The predicted molar refractivity (Wildman–Crippen MR) is 114 cm³/mol. The molecule has 146 valence electrons. The van der Waals surface area contributed by atoms with Crippen molar-refractivity contribution < 1.29 is 14.3 Å². The number of hydrogen-bond donors (Lipinski definition) is 1. The van der Waals surface area contributed by atoms with Crippen LogP contribution in [0.15, 0.2) is 77.8 Å². The highest BCUT2D eigenvalue weighted by Crippen LogP contribution is 2.34. The van der Waals surface area contributed by atoms with Crippen molar-refractivity contribution in [2.24, 2.45) is 0 Å². The van der Waals surface area contributed by atoms with Crippen LogP contribution >= 0.6 is 11.3 Å². The molecule has 4 rings (SSSR count). The Kier molecular flexibility index (Phi) is 5.44. The standard InChI is InChI=1S/C23H20N2O3S/c1-2-28-18-11-6-10-17(14-18)24-21-20(19-12-7-13-29-19)22(26)25(23(21)27)15-16-8-4-3-5-9-16/h3-14,24H,2,15H2,1H3. The van der Waals surface area contributed by atoms with E-state index in [1.165, 1.54) is 16.2 Å². The predicted octanol–water partition coefficient (Wildman–Crippen LogP) is 4.54. The lowest BCUT2D eigenvalue weighted by Gasteiger charge is -2.15. The van der Waals surface area contributed by atoms with Crippen LogP contribution in [0.4, 0.5) is 5.69 Å². The first-order valence-electron chi connectivity index (χ1n) is 9.35. The average molecular weight is 404 g/mol. The van der Waals surface area contributed by atoms with Gasteiger partial charge in [0.05, 0.1) is 18.7 Å². The van der Waals surface area contributed by atoms with Crippen LogP contribution in [0.25, 0.3) is 5.57 Å². The first-order chi connectivity index (χ1) is 14.2. The van der Waals surface area contributed by atoms with Gasteiger partial charge in [0.15, 0.2) is 0 Å². The summed E-state index contributed by atoms with van der Waals surface area (Å²) >= 11 is 1.44.